The predicted molar refractivity (Wildman–Crippen MR) is 91.8 cm³/mol. The smallest absolute Gasteiger partial charge is 0.287 e. The van der Waals surface area contributed by atoms with Crippen molar-refractivity contribution < 1.29 is 14.3 Å². The molecule has 0 spiro atoms. The first-order valence-electron chi connectivity index (χ1n) is 8.12. The molecule has 1 aromatic carbocycles. The van der Waals surface area contributed by atoms with Crippen LogP contribution in [0, 0.1) is 0 Å². The Morgan fingerprint density at radius 3 is 2.58 bits per heavy atom. The number of hydrogen-bond donors (Lipinski definition) is 2. The Labute approximate surface area is 146 Å². The molecule has 1 fully saturated rings. The minimum Gasteiger partial charge on any atom is -0.440 e. The predicted octanol–water partition coefficient (Wildman–Crippen LogP) is 2.82. The van der Waals surface area contributed by atoms with E-state index >= 15 is 0 Å². The summed E-state index contributed by atoms with van der Waals surface area (Å²) in [5.74, 6) is -0.0692. The summed E-state index contributed by atoms with van der Waals surface area (Å²) >= 11 is 5.70. The number of aliphatic hydroxyl groups excluding tert-OH is 1. The Kier molecular flexibility index (Phi) is 5.56. The summed E-state index contributed by atoms with van der Waals surface area (Å²) in [6, 6.07) is 11.2. The van der Waals surface area contributed by atoms with Crippen LogP contribution in [-0.2, 0) is 13.1 Å². The molecular formula is C18H21ClN2O3. The Hall–Kier alpha value is -1.82. The minimum atomic E-state index is -0.280. The number of carbonyl (C=O) groups is 1. The molecule has 6 heteroatoms. The van der Waals surface area contributed by atoms with Crippen LogP contribution in [0.2, 0.25) is 5.22 Å². The average Bonchev–Trinajstić information content (AvgIpc) is 3.02. The molecule has 3 rings (SSSR count). The first-order chi connectivity index (χ1) is 11.6. The zero-order valence-corrected chi connectivity index (χ0v) is 14.1. The molecule has 1 aromatic heterocycles. The highest BCUT2D eigenvalue weighted by Crippen LogP contribution is 2.17. The van der Waals surface area contributed by atoms with Gasteiger partial charge in [0.2, 0.25) is 0 Å². The lowest BCUT2D eigenvalue weighted by molar-refractivity contribution is 0.0790. The fraction of sp³-hybridized carbons (Fsp3) is 0.389. The van der Waals surface area contributed by atoms with E-state index < -0.39 is 0 Å². The van der Waals surface area contributed by atoms with E-state index in [1.165, 1.54) is 5.56 Å². The molecule has 2 heterocycles. The average molecular weight is 349 g/mol. The van der Waals surface area contributed by atoms with E-state index in [2.05, 4.69) is 16.3 Å². The van der Waals surface area contributed by atoms with E-state index in [9.17, 15) is 9.90 Å². The van der Waals surface area contributed by atoms with Crippen LogP contribution in [-0.4, -0.2) is 35.1 Å². The first-order valence-corrected chi connectivity index (χ1v) is 8.50. The highest BCUT2D eigenvalue weighted by Gasteiger charge is 2.18. The number of carbonyl (C=O) groups excluding carboxylic acids is 1. The maximum absolute atomic E-state index is 12.1. The molecule has 1 saturated heterocycles. The Balaban J connectivity index is 1.60. The Morgan fingerprint density at radius 2 is 1.92 bits per heavy atom. The van der Waals surface area contributed by atoms with Gasteiger partial charge in [-0.1, -0.05) is 24.3 Å². The third-order valence-corrected chi connectivity index (χ3v) is 4.51. The highest BCUT2D eigenvalue weighted by atomic mass is 35.5. The molecule has 2 N–H and O–H groups in total. The summed E-state index contributed by atoms with van der Waals surface area (Å²) in [7, 11) is 0. The Bertz CT molecular complexity index is 693. The normalized spacial score (nSPS) is 16.2. The number of aliphatic hydroxyl groups is 1. The van der Waals surface area contributed by atoms with Gasteiger partial charge in [-0.05, 0) is 47.7 Å². The van der Waals surface area contributed by atoms with Crippen LogP contribution >= 0.6 is 11.6 Å². The summed E-state index contributed by atoms with van der Waals surface area (Å²) in [5.41, 5.74) is 2.27. The lowest BCUT2D eigenvalue weighted by atomic mass is 10.0. The zero-order chi connectivity index (χ0) is 16.9. The van der Waals surface area contributed by atoms with Crippen molar-refractivity contribution in [2.24, 2.45) is 0 Å². The van der Waals surface area contributed by atoms with E-state index in [1.807, 2.05) is 18.2 Å². The molecule has 2 aromatic rings. The van der Waals surface area contributed by atoms with Gasteiger partial charge in [0, 0.05) is 26.2 Å². The molecule has 0 radical (unpaired) electrons. The number of hydrogen-bond acceptors (Lipinski definition) is 4. The third-order valence-electron chi connectivity index (χ3n) is 4.31. The molecule has 5 nitrogen and oxygen atoms in total. The maximum atomic E-state index is 12.1. The number of rotatable bonds is 5. The zero-order valence-electron chi connectivity index (χ0n) is 13.4. The summed E-state index contributed by atoms with van der Waals surface area (Å²) in [5, 5.41) is 12.7. The van der Waals surface area contributed by atoms with Gasteiger partial charge in [0.15, 0.2) is 11.0 Å². The van der Waals surface area contributed by atoms with Gasteiger partial charge < -0.3 is 14.8 Å². The van der Waals surface area contributed by atoms with E-state index in [0.29, 0.717) is 6.54 Å². The number of likely N-dealkylation sites (tertiary alicyclic amines) is 1. The molecule has 0 atom stereocenters. The van der Waals surface area contributed by atoms with Crippen molar-refractivity contribution in [2.45, 2.75) is 32.0 Å². The van der Waals surface area contributed by atoms with Gasteiger partial charge in [0.25, 0.3) is 5.91 Å². The van der Waals surface area contributed by atoms with E-state index in [-0.39, 0.29) is 23.0 Å². The van der Waals surface area contributed by atoms with Crippen molar-refractivity contribution in [1.82, 2.24) is 10.2 Å². The topological polar surface area (TPSA) is 65.7 Å². The van der Waals surface area contributed by atoms with Crippen molar-refractivity contribution in [1.29, 1.82) is 0 Å². The van der Waals surface area contributed by atoms with Crippen molar-refractivity contribution in [3.63, 3.8) is 0 Å². The Morgan fingerprint density at radius 1 is 1.21 bits per heavy atom. The van der Waals surface area contributed by atoms with E-state index in [1.54, 1.807) is 12.1 Å². The second-order valence-electron chi connectivity index (χ2n) is 6.06. The van der Waals surface area contributed by atoms with Gasteiger partial charge >= 0.3 is 0 Å². The van der Waals surface area contributed by atoms with Crippen LogP contribution in [0.5, 0.6) is 0 Å². The number of furan rings is 1. The van der Waals surface area contributed by atoms with Crippen molar-refractivity contribution in [2.75, 3.05) is 13.1 Å². The van der Waals surface area contributed by atoms with Gasteiger partial charge in [-0.2, -0.15) is 0 Å². The van der Waals surface area contributed by atoms with Crippen molar-refractivity contribution in [3.05, 3.63) is 58.5 Å². The lowest BCUT2D eigenvalue weighted by Crippen LogP contribution is -2.35. The molecule has 1 aliphatic heterocycles. The summed E-state index contributed by atoms with van der Waals surface area (Å²) < 4.78 is 5.12. The van der Waals surface area contributed by atoms with Crippen molar-refractivity contribution in [3.8, 4) is 0 Å². The second kappa shape index (κ2) is 7.83. The van der Waals surface area contributed by atoms with Gasteiger partial charge in [0.05, 0.1) is 6.10 Å². The summed E-state index contributed by atoms with van der Waals surface area (Å²) in [4.78, 5) is 14.4. The molecule has 1 amide bonds. The fourth-order valence-electron chi connectivity index (χ4n) is 2.90. The minimum absolute atomic E-state index is 0.170. The molecule has 0 bridgehead atoms. The van der Waals surface area contributed by atoms with Crippen LogP contribution in [0.1, 0.15) is 34.5 Å². The molecule has 128 valence electrons. The van der Waals surface area contributed by atoms with Crippen molar-refractivity contribution >= 4 is 17.5 Å². The van der Waals surface area contributed by atoms with Crippen LogP contribution in [0.15, 0.2) is 40.8 Å². The van der Waals surface area contributed by atoms with Crippen LogP contribution in [0.25, 0.3) is 0 Å². The lowest BCUT2D eigenvalue weighted by Gasteiger charge is -2.30. The van der Waals surface area contributed by atoms with Crippen LogP contribution in [0.3, 0.4) is 0 Å². The van der Waals surface area contributed by atoms with E-state index in [4.69, 9.17) is 16.0 Å². The van der Waals surface area contributed by atoms with E-state index in [0.717, 1.165) is 38.0 Å². The number of nitrogens with one attached hydrogen (secondary N) is 1. The SMILES string of the molecule is O=C(NCc1ccccc1CN1CCC(O)CC1)c1ccc(Cl)o1. The number of amides is 1. The summed E-state index contributed by atoms with van der Waals surface area (Å²) in [6.45, 7) is 3.05. The molecule has 0 unspecified atom stereocenters. The van der Waals surface area contributed by atoms with Crippen LogP contribution < -0.4 is 5.32 Å². The molecule has 1 aliphatic rings. The maximum Gasteiger partial charge on any atom is 0.287 e. The quantitative estimate of drug-likeness (QED) is 0.872. The summed E-state index contributed by atoms with van der Waals surface area (Å²) in [6.07, 6.45) is 1.46. The van der Waals surface area contributed by atoms with Gasteiger partial charge in [-0.15, -0.1) is 0 Å². The molecular weight excluding hydrogens is 328 g/mol. The highest BCUT2D eigenvalue weighted by molar-refractivity contribution is 6.29. The van der Waals surface area contributed by atoms with Gasteiger partial charge in [-0.3, -0.25) is 9.69 Å². The fourth-order valence-corrected chi connectivity index (χ4v) is 3.05. The number of halogens is 1. The number of benzene rings is 1. The first kappa shape index (κ1) is 17.0. The molecule has 0 saturated carbocycles. The third kappa shape index (κ3) is 4.38. The van der Waals surface area contributed by atoms with Gasteiger partial charge in [0.1, 0.15) is 0 Å². The van der Waals surface area contributed by atoms with Crippen LogP contribution in [0.4, 0.5) is 0 Å². The molecule has 0 aliphatic carbocycles. The van der Waals surface area contributed by atoms with Gasteiger partial charge in [-0.25, -0.2) is 0 Å². The standard InChI is InChI=1S/C18H21ClN2O3/c19-17-6-5-16(24-17)18(23)20-11-13-3-1-2-4-14(13)12-21-9-7-15(22)8-10-21/h1-6,15,22H,7-12H2,(H,20,23). The number of piperidine rings is 1. The second-order valence-corrected chi connectivity index (χ2v) is 6.43. The molecule has 24 heavy (non-hydrogen) atoms. The monoisotopic (exact) mass is 348 g/mol. The number of nitrogens with zero attached hydrogens (tertiary/aromatic N) is 1. The largest absolute Gasteiger partial charge is 0.440 e.